The van der Waals surface area contributed by atoms with Gasteiger partial charge in [0.25, 0.3) is 5.91 Å². The monoisotopic (exact) mass is 344 g/mol. The molecule has 20 heavy (non-hydrogen) atoms. The summed E-state index contributed by atoms with van der Waals surface area (Å²) in [6.07, 6.45) is 0. The lowest BCUT2D eigenvalue weighted by Gasteiger charge is -2.34. The number of benzene rings is 1. The van der Waals surface area contributed by atoms with E-state index in [9.17, 15) is 14.9 Å². The number of ether oxygens (including phenoxy) is 1. The van der Waals surface area contributed by atoms with Crippen molar-refractivity contribution >= 4 is 27.5 Å². The predicted molar refractivity (Wildman–Crippen MR) is 79.6 cm³/mol. The van der Waals surface area contributed by atoms with Crippen LogP contribution in [0.25, 0.3) is 0 Å². The highest BCUT2D eigenvalue weighted by Gasteiger charge is 2.31. The smallest absolute Gasteiger partial charge is 0.311 e. The van der Waals surface area contributed by atoms with Gasteiger partial charge >= 0.3 is 5.69 Å². The van der Waals surface area contributed by atoms with Gasteiger partial charge in [0.15, 0.2) is 0 Å². The third-order valence-electron chi connectivity index (χ3n) is 3.17. The summed E-state index contributed by atoms with van der Waals surface area (Å²) in [5.41, 5.74) is -0.464. The van der Waals surface area contributed by atoms with Crippen LogP contribution in [-0.2, 0) is 0 Å². The van der Waals surface area contributed by atoms with Gasteiger partial charge in [0.05, 0.1) is 17.6 Å². The molecule has 0 saturated heterocycles. The molecule has 0 N–H and O–H groups in total. The van der Waals surface area contributed by atoms with E-state index in [4.69, 9.17) is 4.74 Å². The van der Waals surface area contributed by atoms with E-state index >= 15 is 0 Å². The largest absolute Gasteiger partial charge is 0.490 e. The summed E-state index contributed by atoms with van der Waals surface area (Å²) in [6, 6.07) is 4.31. The van der Waals surface area contributed by atoms with Crippen molar-refractivity contribution in [3.05, 3.63) is 33.9 Å². The van der Waals surface area contributed by atoms with Gasteiger partial charge in [-0.15, -0.1) is 0 Å². The number of carbonyl (C=O) groups excluding carboxylic acids is 1. The average Bonchev–Trinajstić information content (AvgIpc) is 2.44. The Morgan fingerprint density at radius 2 is 2.10 bits per heavy atom. The number of halogens is 1. The second-order valence-electron chi connectivity index (χ2n) is 4.93. The topological polar surface area (TPSA) is 72.7 Å². The number of methoxy groups -OCH3 is 1. The first-order valence-corrected chi connectivity index (χ1v) is 7.04. The molecule has 0 unspecified atom stereocenters. The zero-order valence-electron chi connectivity index (χ0n) is 11.8. The second kappa shape index (κ2) is 6.21. The van der Waals surface area contributed by atoms with Gasteiger partial charge in [-0.3, -0.25) is 14.9 Å². The molecule has 0 saturated carbocycles. The Bertz CT molecular complexity index is 531. The molecular weight excluding hydrogens is 328 g/mol. The molecule has 110 valence electrons. The molecule has 0 radical (unpaired) electrons. The van der Waals surface area contributed by atoms with Crippen LogP contribution in [0.2, 0.25) is 0 Å². The maximum atomic E-state index is 12.5. The molecule has 7 heteroatoms. The number of rotatable bonds is 5. The van der Waals surface area contributed by atoms with Crippen LogP contribution in [0, 0.1) is 10.1 Å². The molecule has 0 aromatic heterocycles. The highest BCUT2D eigenvalue weighted by molar-refractivity contribution is 9.09. The fraction of sp³-hybridized carbons (Fsp3) is 0.462. The summed E-state index contributed by atoms with van der Waals surface area (Å²) in [4.78, 5) is 24.4. The summed E-state index contributed by atoms with van der Waals surface area (Å²) in [5.74, 6) is -0.338. The fourth-order valence-electron chi connectivity index (χ4n) is 1.60. The highest BCUT2D eigenvalue weighted by atomic mass is 79.9. The Kier molecular flexibility index (Phi) is 5.10. The molecule has 0 bridgehead atoms. The molecule has 0 aliphatic carbocycles. The summed E-state index contributed by atoms with van der Waals surface area (Å²) >= 11 is 3.35. The van der Waals surface area contributed by atoms with Crippen LogP contribution in [0.15, 0.2) is 18.2 Å². The quantitative estimate of drug-likeness (QED) is 0.467. The summed E-state index contributed by atoms with van der Waals surface area (Å²) in [6.45, 7) is 3.78. The van der Waals surface area contributed by atoms with E-state index in [-0.39, 0.29) is 22.9 Å². The van der Waals surface area contributed by atoms with E-state index in [1.54, 1.807) is 7.05 Å². The minimum Gasteiger partial charge on any atom is -0.490 e. The standard InChI is InChI=1S/C13H17BrN2O4/c1-13(2,8-14)15(3)12(17)9-6-5-7-10(16(18)19)11(9)20-4/h5-7H,8H2,1-4H3. The van der Waals surface area contributed by atoms with Crippen LogP contribution in [0.1, 0.15) is 24.2 Å². The van der Waals surface area contributed by atoms with Crippen LogP contribution in [0.4, 0.5) is 5.69 Å². The zero-order valence-corrected chi connectivity index (χ0v) is 13.4. The number of nitro groups is 1. The minimum atomic E-state index is -0.564. The molecule has 0 spiro atoms. The van der Waals surface area contributed by atoms with Gasteiger partial charge in [-0.25, -0.2) is 0 Å². The van der Waals surface area contributed by atoms with Crippen molar-refractivity contribution in [2.75, 3.05) is 19.5 Å². The molecule has 1 aromatic carbocycles. The van der Waals surface area contributed by atoms with Crippen molar-refractivity contribution in [2.45, 2.75) is 19.4 Å². The van der Waals surface area contributed by atoms with Crippen LogP contribution in [-0.4, -0.2) is 40.8 Å². The van der Waals surface area contributed by atoms with Crippen molar-refractivity contribution in [3.8, 4) is 5.75 Å². The van der Waals surface area contributed by atoms with Crippen LogP contribution < -0.4 is 4.74 Å². The third kappa shape index (κ3) is 3.09. The Morgan fingerprint density at radius 3 is 2.55 bits per heavy atom. The number of hydrogen-bond donors (Lipinski definition) is 0. The summed E-state index contributed by atoms with van der Waals surface area (Å²) in [5, 5.41) is 11.6. The van der Waals surface area contributed by atoms with E-state index in [1.807, 2.05) is 13.8 Å². The molecule has 0 atom stereocenters. The maximum absolute atomic E-state index is 12.5. The Morgan fingerprint density at radius 1 is 1.50 bits per heavy atom. The lowest BCUT2D eigenvalue weighted by atomic mass is 10.0. The average molecular weight is 345 g/mol. The fourth-order valence-corrected chi connectivity index (χ4v) is 1.97. The van der Waals surface area contributed by atoms with Gasteiger partial charge in [0.2, 0.25) is 5.75 Å². The molecule has 1 amide bonds. The van der Waals surface area contributed by atoms with E-state index in [1.165, 1.54) is 30.2 Å². The molecule has 1 rings (SSSR count). The van der Waals surface area contributed by atoms with E-state index < -0.39 is 10.5 Å². The van der Waals surface area contributed by atoms with E-state index in [0.717, 1.165) is 0 Å². The van der Waals surface area contributed by atoms with Gasteiger partial charge in [-0.05, 0) is 19.9 Å². The Hall–Kier alpha value is -1.63. The number of nitrogens with zero attached hydrogens (tertiary/aromatic N) is 2. The molecule has 0 heterocycles. The summed E-state index contributed by atoms with van der Waals surface area (Å²) in [7, 11) is 2.97. The SMILES string of the molecule is COc1c(C(=O)N(C)C(C)(C)CBr)cccc1[N+](=O)[O-]. The van der Waals surface area contributed by atoms with Gasteiger partial charge in [0, 0.05) is 24.0 Å². The number of nitro benzene ring substituents is 1. The van der Waals surface area contributed by atoms with Crippen molar-refractivity contribution in [3.63, 3.8) is 0 Å². The van der Waals surface area contributed by atoms with Gasteiger partial charge in [-0.2, -0.15) is 0 Å². The first-order chi connectivity index (χ1) is 9.26. The van der Waals surface area contributed by atoms with Crippen LogP contribution >= 0.6 is 15.9 Å². The van der Waals surface area contributed by atoms with Gasteiger partial charge in [-0.1, -0.05) is 22.0 Å². The van der Waals surface area contributed by atoms with E-state index in [2.05, 4.69) is 15.9 Å². The van der Waals surface area contributed by atoms with E-state index in [0.29, 0.717) is 5.33 Å². The lowest BCUT2D eigenvalue weighted by Crippen LogP contribution is -2.46. The number of alkyl halides is 1. The number of amides is 1. The lowest BCUT2D eigenvalue weighted by molar-refractivity contribution is -0.385. The minimum absolute atomic E-state index is 0.0141. The number of hydrogen-bond acceptors (Lipinski definition) is 4. The normalized spacial score (nSPS) is 11.1. The predicted octanol–water partition coefficient (Wildman–Crippen LogP) is 2.85. The molecule has 6 nitrogen and oxygen atoms in total. The Balaban J connectivity index is 3.30. The number of para-hydroxylation sites is 1. The highest BCUT2D eigenvalue weighted by Crippen LogP contribution is 2.32. The van der Waals surface area contributed by atoms with Crippen molar-refractivity contribution in [1.29, 1.82) is 0 Å². The second-order valence-corrected chi connectivity index (χ2v) is 5.49. The van der Waals surface area contributed by atoms with Crippen LogP contribution in [0.3, 0.4) is 0 Å². The van der Waals surface area contributed by atoms with Gasteiger partial charge in [0.1, 0.15) is 0 Å². The van der Waals surface area contributed by atoms with Crippen molar-refractivity contribution < 1.29 is 14.5 Å². The summed E-state index contributed by atoms with van der Waals surface area (Å²) < 4.78 is 5.05. The first-order valence-electron chi connectivity index (χ1n) is 5.91. The molecular formula is C13H17BrN2O4. The number of carbonyl (C=O) groups is 1. The third-order valence-corrected chi connectivity index (χ3v) is 4.54. The molecule has 0 aliphatic heterocycles. The van der Waals surface area contributed by atoms with Gasteiger partial charge < -0.3 is 9.64 Å². The molecule has 1 aromatic rings. The van der Waals surface area contributed by atoms with Crippen LogP contribution in [0.5, 0.6) is 5.75 Å². The Labute approximate surface area is 126 Å². The van der Waals surface area contributed by atoms with Crippen molar-refractivity contribution in [2.24, 2.45) is 0 Å². The molecule has 0 aliphatic rings. The maximum Gasteiger partial charge on any atom is 0.311 e. The molecule has 0 fully saturated rings. The first kappa shape index (κ1) is 16.4. The zero-order chi connectivity index (χ0) is 15.5. The van der Waals surface area contributed by atoms with Crippen molar-refractivity contribution in [1.82, 2.24) is 4.90 Å².